The first-order chi connectivity index (χ1) is 18.8. The van der Waals surface area contributed by atoms with Crippen LogP contribution in [0.4, 0.5) is 20.7 Å². The molecule has 2 saturated heterocycles. The van der Waals surface area contributed by atoms with Crippen LogP contribution in [0.3, 0.4) is 0 Å². The minimum absolute atomic E-state index is 0.0520. The van der Waals surface area contributed by atoms with Crippen LogP contribution in [-0.2, 0) is 6.54 Å². The Hall–Kier alpha value is -3.21. The second-order valence-corrected chi connectivity index (χ2v) is 13.1. The third kappa shape index (κ3) is 3.91. The van der Waals surface area contributed by atoms with Crippen LogP contribution >= 0.6 is 0 Å². The number of pyridine rings is 1. The minimum atomic E-state index is -1.18. The molecule has 0 radical (unpaired) electrons. The van der Waals surface area contributed by atoms with Gasteiger partial charge in [-0.25, -0.2) is 9.18 Å². The van der Waals surface area contributed by atoms with Crippen LogP contribution in [0.25, 0.3) is 22.3 Å². The summed E-state index contributed by atoms with van der Waals surface area (Å²) in [6, 6.07) is 2.37. The summed E-state index contributed by atoms with van der Waals surface area (Å²) < 4.78 is 16.7. The summed E-state index contributed by atoms with van der Waals surface area (Å²) in [6.07, 6.45) is 11.7. The fourth-order valence-corrected chi connectivity index (χ4v) is 6.80. The summed E-state index contributed by atoms with van der Waals surface area (Å²) in [5, 5.41) is 16.2. The number of aromatic nitrogens is 5. The number of H-pyrrole nitrogens is 1. The van der Waals surface area contributed by atoms with Gasteiger partial charge in [-0.2, -0.15) is 10.2 Å². The second kappa shape index (κ2) is 7.93. The Kier molecular flexibility index (Phi) is 4.81. The Morgan fingerprint density at radius 3 is 2.64 bits per heavy atom. The van der Waals surface area contributed by atoms with Gasteiger partial charge in [0.05, 0.1) is 35.0 Å². The lowest BCUT2D eigenvalue weighted by molar-refractivity contribution is 0.114. The van der Waals surface area contributed by atoms with E-state index in [1.165, 1.54) is 12.8 Å². The molecule has 3 aromatic rings. The van der Waals surface area contributed by atoms with E-state index in [1.54, 1.807) is 10.9 Å². The number of hydrogen-bond donors (Lipinski definition) is 2. The third-order valence-corrected chi connectivity index (χ3v) is 10.0. The summed E-state index contributed by atoms with van der Waals surface area (Å²) in [5.74, 6) is 0.859. The van der Waals surface area contributed by atoms with E-state index in [-0.39, 0.29) is 18.1 Å². The molecular formula is C28H36FN9O. The fourth-order valence-electron chi connectivity index (χ4n) is 6.80. The van der Waals surface area contributed by atoms with Gasteiger partial charge in [0.25, 0.3) is 0 Å². The van der Waals surface area contributed by atoms with Crippen LogP contribution < -0.4 is 10.2 Å². The van der Waals surface area contributed by atoms with Gasteiger partial charge in [0.2, 0.25) is 0 Å². The number of amides is 2. The summed E-state index contributed by atoms with van der Waals surface area (Å²) in [5.41, 5.74) is 2.15. The molecule has 39 heavy (non-hydrogen) atoms. The lowest BCUT2D eigenvalue weighted by Gasteiger charge is -2.43. The van der Waals surface area contributed by atoms with Crippen molar-refractivity contribution in [2.45, 2.75) is 75.2 Å². The van der Waals surface area contributed by atoms with E-state index in [1.807, 2.05) is 12.3 Å². The third-order valence-electron chi connectivity index (χ3n) is 10.0. The number of halogens is 1. The number of rotatable bonds is 6. The smallest absolute Gasteiger partial charge is 0.322 e. The standard InChI is InChI=1S/C28H36FN9O/c1-35(2)18-14-36(15-18)24-19-12-30-20(11-22(19)38(34-24)17-27(29)5-6-27)23-21(13-31-33-23)32-25(39)37-10-9-26(3-4-26)16-28(37)7-8-28/h11-13,18H,3-10,14-17H2,1-2H3,(H,31,33)(H,32,39). The number of likely N-dealkylation sites (N-methyl/N-ethyl adjacent to an activating group) is 1. The normalized spacial score (nSPS) is 24.0. The van der Waals surface area contributed by atoms with E-state index in [0.717, 1.165) is 62.0 Å². The molecule has 8 rings (SSSR count). The van der Waals surface area contributed by atoms with Crippen molar-refractivity contribution in [1.29, 1.82) is 0 Å². The fraction of sp³-hybridized carbons (Fsp3) is 0.643. The number of carbonyl (C=O) groups excluding carboxylic acids is 1. The highest BCUT2D eigenvalue weighted by Crippen LogP contribution is 2.63. The molecule has 2 spiro atoms. The van der Waals surface area contributed by atoms with Crippen molar-refractivity contribution in [3.05, 3.63) is 18.5 Å². The van der Waals surface area contributed by atoms with Crippen molar-refractivity contribution < 1.29 is 9.18 Å². The van der Waals surface area contributed by atoms with E-state index < -0.39 is 5.67 Å². The highest BCUT2D eigenvalue weighted by atomic mass is 19.1. The maximum absolute atomic E-state index is 14.9. The first kappa shape index (κ1) is 23.7. The van der Waals surface area contributed by atoms with Crippen molar-refractivity contribution in [2.24, 2.45) is 5.41 Å². The van der Waals surface area contributed by atoms with Gasteiger partial charge in [0.15, 0.2) is 5.82 Å². The van der Waals surface area contributed by atoms with Crippen LogP contribution in [0.2, 0.25) is 0 Å². The largest absolute Gasteiger partial charge is 0.351 e. The number of urea groups is 1. The average molecular weight is 534 g/mol. The molecule has 2 N–H and O–H groups in total. The molecule has 3 aliphatic carbocycles. The molecule has 10 nitrogen and oxygen atoms in total. The minimum Gasteiger partial charge on any atom is -0.351 e. The van der Waals surface area contributed by atoms with E-state index in [4.69, 9.17) is 10.1 Å². The molecule has 5 heterocycles. The first-order valence-corrected chi connectivity index (χ1v) is 14.3. The van der Waals surface area contributed by atoms with Crippen molar-refractivity contribution in [3.63, 3.8) is 0 Å². The summed E-state index contributed by atoms with van der Waals surface area (Å²) in [7, 11) is 4.18. The first-order valence-electron chi connectivity index (χ1n) is 14.3. The molecule has 206 valence electrons. The quantitative estimate of drug-likeness (QED) is 0.497. The number of anilines is 2. The highest BCUT2D eigenvalue weighted by Gasteiger charge is 2.61. The Morgan fingerprint density at radius 1 is 1.15 bits per heavy atom. The molecular weight excluding hydrogens is 497 g/mol. The molecule has 0 bridgehead atoms. The highest BCUT2D eigenvalue weighted by molar-refractivity contribution is 5.96. The summed E-state index contributed by atoms with van der Waals surface area (Å²) >= 11 is 0. The molecule has 2 aliphatic heterocycles. The molecule has 3 saturated carbocycles. The van der Waals surface area contributed by atoms with Crippen LogP contribution in [0.1, 0.15) is 51.4 Å². The molecule has 0 unspecified atom stereocenters. The van der Waals surface area contributed by atoms with Gasteiger partial charge in [-0.15, -0.1) is 0 Å². The Morgan fingerprint density at radius 2 is 1.95 bits per heavy atom. The van der Waals surface area contributed by atoms with Gasteiger partial charge in [0, 0.05) is 37.4 Å². The number of nitrogens with one attached hydrogen (secondary N) is 2. The predicted octanol–water partition coefficient (Wildman–Crippen LogP) is 4.01. The topological polar surface area (TPSA) is 98.2 Å². The van der Waals surface area contributed by atoms with Crippen LogP contribution in [0, 0.1) is 5.41 Å². The van der Waals surface area contributed by atoms with E-state index in [0.29, 0.717) is 41.4 Å². The number of alkyl halides is 1. The molecule has 0 aromatic carbocycles. The van der Waals surface area contributed by atoms with Crippen molar-refractivity contribution >= 4 is 28.4 Å². The molecule has 5 aliphatic rings. The van der Waals surface area contributed by atoms with Gasteiger partial charge >= 0.3 is 6.03 Å². The van der Waals surface area contributed by atoms with Crippen molar-refractivity contribution in [2.75, 3.05) is 43.9 Å². The molecule has 3 aromatic heterocycles. The lowest BCUT2D eigenvalue weighted by Crippen LogP contribution is -2.57. The van der Waals surface area contributed by atoms with E-state index in [9.17, 15) is 9.18 Å². The molecule has 0 atom stereocenters. The maximum atomic E-state index is 14.9. The SMILES string of the molecule is CN(C)C1CN(c2nn(CC3(F)CC3)c3cc(-c4[nH]ncc4NC(=O)N4CCC5(CC5)CC45CC5)ncc23)C1. The second-order valence-electron chi connectivity index (χ2n) is 13.1. The van der Waals surface area contributed by atoms with Gasteiger partial charge in [-0.3, -0.25) is 14.8 Å². The summed E-state index contributed by atoms with van der Waals surface area (Å²) in [4.78, 5) is 24.7. The number of nitrogens with zero attached hydrogens (tertiary/aromatic N) is 7. The summed E-state index contributed by atoms with van der Waals surface area (Å²) in [6.45, 7) is 2.83. The monoisotopic (exact) mass is 533 g/mol. The van der Waals surface area contributed by atoms with E-state index in [2.05, 4.69) is 44.3 Å². The van der Waals surface area contributed by atoms with E-state index >= 15 is 0 Å². The molecule has 2 amide bonds. The molecule has 11 heteroatoms. The average Bonchev–Trinajstić information content (AvgIpc) is 3.84. The number of carbonyl (C=O) groups is 1. The van der Waals surface area contributed by atoms with Crippen LogP contribution in [0.15, 0.2) is 18.5 Å². The Bertz CT molecular complexity index is 1460. The Balaban J connectivity index is 1.08. The number of piperidine rings is 1. The maximum Gasteiger partial charge on any atom is 0.322 e. The zero-order valence-electron chi connectivity index (χ0n) is 22.7. The number of aromatic amines is 1. The van der Waals surface area contributed by atoms with Crippen LogP contribution in [0.5, 0.6) is 0 Å². The predicted molar refractivity (Wildman–Crippen MR) is 146 cm³/mol. The van der Waals surface area contributed by atoms with Gasteiger partial charge in [-0.1, -0.05) is 0 Å². The van der Waals surface area contributed by atoms with Gasteiger partial charge < -0.3 is 20.0 Å². The zero-order chi connectivity index (χ0) is 26.6. The van der Waals surface area contributed by atoms with Crippen molar-refractivity contribution in [3.8, 4) is 11.4 Å². The molecule has 5 fully saturated rings. The number of fused-ring (bicyclic) bond motifs is 1. The van der Waals surface area contributed by atoms with Gasteiger partial charge in [-0.05, 0) is 76.9 Å². The Labute approximate surface area is 226 Å². The number of hydrogen-bond acceptors (Lipinski definition) is 6. The van der Waals surface area contributed by atoms with Crippen LogP contribution in [-0.4, -0.2) is 91.8 Å². The van der Waals surface area contributed by atoms with Crippen molar-refractivity contribution in [1.82, 2.24) is 34.8 Å². The van der Waals surface area contributed by atoms with Gasteiger partial charge in [0.1, 0.15) is 11.4 Å². The number of likely N-dealkylation sites (tertiary alicyclic amines) is 1. The zero-order valence-corrected chi connectivity index (χ0v) is 22.7. The lowest BCUT2D eigenvalue weighted by atomic mass is 9.86.